The molecule has 13 aromatic rings. The van der Waals surface area contributed by atoms with E-state index >= 15 is 0 Å². The van der Waals surface area contributed by atoms with Gasteiger partial charge in [-0.3, -0.25) is 0 Å². The van der Waals surface area contributed by atoms with Gasteiger partial charge in [0.15, 0.2) is 17.5 Å². The molecule has 14 rings (SSSR count). The highest BCUT2D eigenvalue weighted by Gasteiger charge is 2.25. The van der Waals surface area contributed by atoms with Gasteiger partial charge in [-0.1, -0.05) is 212 Å². The Bertz CT molecular complexity index is 4200. The third kappa shape index (κ3) is 7.53. The van der Waals surface area contributed by atoms with Gasteiger partial charge in [-0.25, -0.2) is 15.0 Å². The molecule has 348 valence electrons. The van der Waals surface area contributed by atoms with Crippen molar-refractivity contribution in [3.63, 3.8) is 0 Å². The summed E-state index contributed by atoms with van der Waals surface area (Å²) >= 11 is 0. The zero-order valence-corrected chi connectivity index (χ0v) is 40.5. The second-order valence-electron chi connectivity index (χ2n) is 19.0. The monoisotopic (exact) mass is 945 g/mol. The highest BCUT2D eigenvalue weighted by Crippen LogP contribution is 2.46. The number of para-hydroxylation sites is 3. The van der Waals surface area contributed by atoms with Crippen molar-refractivity contribution in [1.29, 1.82) is 0 Å². The maximum Gasteiger partial charge on any atom is 0.164 e. The maximum atomic E-state index is 5.36. The number of benzene rings is 10. The van der Waals surface area contributed by atoms with Gasteiger partial charge in [0.25, 0.3) is 0 Å². The number of allylic oxidation sites excluding steroid dienone is 4. The molecule has 3 aromatic heterocycles. The molecule has 0 amide bonds. The van der Waals surface area contributed by atoms with Crippen molar-refractivity contribution in [2.75, 3.05) is 0 Å². The minimum Gasteiger partial charge on any atom is -0.309 e. The van der Waals surface area contributed by atoms with Gasteiger partial charge in [-0.15, -0.1) is 0 Å². The Morgan fingerprint density at radius 2 is 0.716 bits per heavy atom. The zero-order chi connectivity index (χ0) is 49.0. The van der Waals surface area contributed by atoms with Crippen LogP contribution in [0.1, 0.15) is 18.7 Å². The molecular formula is C69H47N5. The highest BCUT2D eigenvalue weighted by atomic mass is 15.0. The molecule has 0 unspecified atom stereocenters. The van der Waals surface area contributed by atoms with Crippen molar-refractivity contribution in [2.45, 2.75) is 12.8 Å². The summed E-state index contributed by atoms with van der Waals surface area (Å²) in [5, 5.41) is 4.75. The third-order valence-corrected chi connectivity index (χ3v) is 14.6. The van der Waals surface area contributed by atoms with Crippen LogP contribution < -0.4 is 0 Å². The Morgan fingerprint density at radius 3 is 1.24 bits per heavy atom. The Kier molecular flexibility index (Phi) is 10.6. The molecule has 74 heavy (non-hydrogen) atoms. The van der Waals surface area contributed by atoms with Crippen LogP contribution in [-0.2, 0) is 0 Å². The van der Waals surface area contributed by atoms with Crippen LogP contribution in [0.25, 0.3) is 128 Å². The molecule has 0 aliphatic heterocycles. The molecule has 1 aliphatic rings. The topological polar surface area (TPSA) is 48.5 Å². The van der Waals surface area contributed by atoms with Crippen molar-refractivity contribution < 1.29 is 0 Å². The molecule has 0 saturated carbocycles. The van der Waals surface area contributed by atoms with Gasteiger partial charge in [-0.2, -0.15) is 0 Å². The van der Waals surface area contributed by atoms with E-state index < -0.39 is 0 Å². The number of hydrogen-bond acceptors (Lipinski definition) is 3. The molecule has 5 nitrogen and oxygen atoms in total. The predicted octanol–water partition coefficient (Wildman–Crippen LogP) is 17.8. The molecule has 0 radical (unpaired) electrons. The van der Waals surface area contributed by atoms with Gasteiger partial charge in [-0.05, 0) is 94.8 Å². The molecule has 1 aliphatic carbocycles. The average Bonchev–Trinajstić information content (AvgIpc) is 3.99. The average molecular weight is 946 g/mol. The van der Waals surface area contributed by atoms with Crippen molar-refractivity contribution in [3.05, 3.63) is 267 Å². The van der Waals surface area contributed by atoms with Crippen LogP contribution in [0, 0.1) is 0 Å². The summed E-state index contributed by atoms with van der Waals surface area (Å²) in [7, 11) is 0. The minimum absolute atomic E-state index is 0.613. The Hall–Kier alpha value is -9.71. The fourth-order valence-electron chi connectivity index (χ4n) is 11.0. The van der Waals surface area contributed by atoms with E-state index in [-0.39, 0.29) is 0 Å². The lowest BCUT2D eigenvalue weighted by molar-refractivity contribution is 1.01. The van der Waals surface area contributed by atoms with Crippen molar-refractivity contribution in [2.24, 2.45) is 0 Å². The summed E-state index contributed by atoms with van der Waals surface area (Å²) in [6, 6.07) is 87.5. The van der Waals surface area contributed by atoms with E-state index in [0.717, 1.165) is 85.3 Å². The first-order chi connectivity index (χ1) is 36.7. The predicted molar refractivity (Wildman–Crippen MR) is 307 cm³/mol. The number of rotatable bonds is 9. The Labute approximate surface area is 429 Å². The molecule has 0 N–H and O–H groups in total. The van der Waals surface area contributed by atoms with Gasteiger partial charge in [0.1, 0.15) is 0 Å². The maximum absolute atomic E-state index is 5.36. The third-order valence-electron chi connectivity index (χ3n) is 14.6. The first-order valence-electron chi connectivity index (χ1n) is 25.4. The van der Waals surface area contributed by atoms with E-state index in [1.54, 1.807) is 0 Å². The fourth-order valence-corrected chi connectivity index (χ4v) is 11.0. The fraction of sp³-hybridized carbons (Fsp3) is 0.0290. The van der Waals surface area contributed by atoms with Crippen molar-refractivity contribution in [3.8, 4) is 78.7 Å². The second kappa shape index (κ2) is 18.2. The van der Waals surface area contributed by atoms with Crippen LogP contribution in [0.5, 0.6) is 0 Å². The van der Waals surface area contributed by atoms with Gasteiger partial charge >= 0.3 is 0 Å². The van der Waals surface area contributed by atoms with E-state index in [9.17, 15) is 0 Å². The van der Waals surface area contributed by atoms with Crippen LogP contribution in [0.4, 0.5) is 0 Å². The lowest BCUT2D eigenvalue weighted by atomic mass is 9.91. The standard InChI is InChI=1S/C69H47N5/c1-6-20-46(21-7-1)48-34-38-50(39-35-48)58-42-54(69-71-67(52-24-10-3-11-25-52)70-68(72-69)53-26-12-4-13-27-53)43-59(51-40-36-49(37-41-51)47-22-8-2-9-23-47)66(58)74-63-33-19-17-31-57(63)61-44-64-60(45-65(61)74)56-30-16-18-32-62(56)73(64)55-28-14-5-15-29-55/h1-3,5-12,14-45H,4,13H2. The molecule has 5 heteroatoms. The zero-order valence-electron chi connectivity index (χ0n) is 40.5. The molecule has 0 atom stereocenters. The normalized spacial score (nSPS) is 12.5. The molecular weight excluding hydrogens is 899 g/mol. The first-order valence-corrected chi connectivity index (χ1v) is 25.4. The van der Waals surface area contributed by atoms with E-state index in [4.69, 9.17) is 15.0 Å². The smallest absolute Gasteiger partial charge is 0.164 e. The summed E-state index contributed by atoms with van der Waals surface area (Å²) in [6.45, 7) is 0. The van der Waals surface area contributed by atoms with Gasteiger partial charge in [0.2, 0.25) is 0 Å². The van der Waals surface area contributed by atoms with Gasteiger partial charge in [0, 0.05) is 55.1 Å². The second-order valence-corrected chi connectivity index (χ2v) is 19.0. The summed E-state index contributed by atoms with van der Waals surface area (Å²) in [6.07, 6.45) is 8.54. The molecule has 0 saturated heterocycles. The molecule has 0 bridgehead atoms. The summed E-state index contributed by atoms with van der Waals surface area (Å²) in [4.78, 5) is 15.8. The van der Waals surface area contributed by atoms with Gasteiger partial charge in [0.05, 0.1) is 27.8 Å². The van der Waals surface area contributed by atoms with Crippen LogP contribution >= 0.6 is 0 Å². The quantitative estimate of drug-likeness (QED) is 0.145. The molecule has 10 aromatic carbocycles. The number of hydrogen-bond donors (Lipinski definition) is 0. The Balaban J connectivity index is 1.10. The lowest BCUT2D eigenvalue weighted by Crippen LogP contribution is -2.05. The summed E-state index contributed by atoms with van der Waals surface area (Å²) in [5.74, 6) is 1.91. The van der Waals surface area contributed by atoms with Crippen LogP contribution in [0.15, 0.2) is 261 Å². The first kappa shape index (κ1) is 43.1. The van der Waals surface area contributed by atoms with Crippen molar-refractivity contribution >= 4 is 49.2 Å². The van der Waals surface area contributed by atoms with E-state index in [1.165, 1.54) is 43.7 Å². The number of nitrogens with zero attached hydrogens (tertiary/aromatic N) is 5. The molecule has 3 heterocycles. The van der Waals surface area contributed by atoms with Crippen LogP contribution in [0.2, 0.25) is 0 Å². The van der Waals surface area contributed by atoms with Crippen molar-refractivity contribution in [1.82, 2.24) is 24.1 Å². The van der Waals surface area contributed by atoms with Crippen LogP contribution in [0.3, 0.4) is 0 Å². The molecule has 0 fully saturated rings. The number of aromatic nitrogens is 5. The summed E-state index contributed by atoms with van der Waals surface area (Å²) < 4.78 is 4.94. The summed E-state index contributed by atoms with van der Waals surface area (Å²) in [5.41, 5.74) is 18.5. The highest BCUT2D eigenvalue weighted by molar-refractivity contribution is 6.19. The Morgan fingerprint density at radius 1 is 0.297 bits per heavy atom. The molecule has 0 spiro atoms. The minimum atomic E-state index is 0.613. The largest absolute Gasteiger partial charge is 0.309 e. The van der Waals surface area contributed by atoms with E-state index in [1.807, 2.05) is 18.2 Å². The number of fused-ring (bicyclic) bond motifs is 6. The SMILES string of the molecule is C1=CC(c2nc(-c3ccccc3)nc(-c3cc(-c4ccc(-c5ccccc5)cc4)c(-n4c5ccccc5c5cc6c(cc54)c4ccccc4n6-c4ccccc4)c(-c4ccc(-c5ccccc5)cc4)c3)n2)=CCC1. The lowest BCUT2D eigenvalue weighted by Gasteiger charge is -2.21. The van der Waals surface area contributed by atoms with E-state index in [2.05, 4.69) is 252 Å². The van der Waals surface area contributed by atoms with Crippen LogP contribution in [-0.4, -0.2) is 24.1 Å². The van der Waals surface area contributed by atoms with E-state index in [0.29, 0.717) is 17.5 Å². The van der Waals surface area contributed by atoms with Gasteiger partial charge < -0.3 is 9.13 Å².